The van der Waals surface area contributed by atoms with Crippen LogP contribution in [0, 0.1) is 12.3 Å². The molecule has 0 radical (unpaired) electrons. The Morgan fingerprint density at radius 2 is 2.24 bits per heavy atom. The quantitative estimate of drug-likeness (QED) is 0.845. The van der Waals surface area contributed by atoms with Gasteiger partial charge >= 0.3 is 0 Å². The molecule has 3 nitrogen and oxygen atoms in total. The molecule has 0 spiro atoms. The highest BCUT2D eigenvalue weighted by Gasteiger charge is 2.38. The van der Waals surface area contributed by atoms with Crippen LogP contribution in [0.1, 0.15) is 18.9 Å². The largest absolute Gasteiger partial charge is 0.316 e. The van der Waals surface area contributed by atoms with E-state index in [0.717, 1.165) is 25.2 Å². The second kappa shape index (κ2) is 4.49. The first-order valence-electron chi connectivity index (χ1n) is 6.08. The summed E-state index contributed by atoms with van der Waals surface area (Å²) < 4.78 is 0. The highest BCUT2D eigenvalue weighted by atomic mass is 16.2. The topological polar surface area (TPSA) is 32.3 Å². The molecule has 0 aromatic heterocycles. The molecule has 1 atom stereocenters. The molecule has 0 saturated carbocycles. The number of rotatable bonds is 2. The van der Waals surface area contributed by atoms with Crippen molar-refractivity contribution >= 4 is 11.6 Å². The Balaban J connectivity index is 2.20. The number of hydrogen-bond donors (Lipinski definition) is 1. The molecule has 1 N–H and O–H groups in total. The fourth-order valence-electron chi connectivity index (χ4n) is 2.36. The van der Waals surface area contributed by atoms with Gasteiger partial charge < -0.3 is 10.2 Å². The average Bonchev–Trinajstić information content (AvgIpc) is 2.75. The van der Waals surface area contributed by atoms with Crippen LogP contribution in [0.5, 0.6) is 0 Å². The molecule has 0 aliphatic carbocycles. The van der Waals surface area contributed by atoms with Gasteiger partial charge in [0, 0.05) is 19.3 Å². The number of anilines is 1. The summed E-state index contributed by atoms with van der Waals surface area (Å²) in [5, 5.41) is 3.26. The molecule has 1 aliphatic heterocycles. The summed E-state index contributed by atoms with van der Waals surface area (Å²) in [5.41, 5.74) is 1.90. The number of nitrogens with zero attached hydrogens (tertiary/aromatic N) is 1. The van der Waals surface area contributed by atoms with Gasteiger partial charge in [-0.25, -0.2) is 0 Å². The molecule has 1 aromatic carbocycles. The molecule has 1 aliphatic rings. The van der Waals surface area contributed by atoms with Crippen LogP contribution in [0.25, 0.3) is 0 Å². The van der Waals surface area contributed by atoms with Crippen LogP contribution in [0.15, 0.2) is 24.3 Å². The monoisotopic (exact) mass is 232 g/mol. The summed E-state index contributed by atoms with van der Waals surface area (Å²) in [4.78, 5) is 14.2. The van der Waals surface area contributed by atoms with Crippen molar-refractivity contribution in [3.63, 3.8) is 0 Å². The van der Waals surface area contributed by atoms with Gasteiger partial charge in [0.15, 0.2) is 0 Å². The van der Waals surface area contributed by atoms with Gasteiger partial charge in [-0.2, -0.15) is 0 Å². The maximum atomic E-state index is 12.5. The average molecular weight is 232 g/mol. The first kappa shape index (κ1) is 12.1. The molecule has 92 valence electrons. The highest BCUT2D eigenvalue weighted by Crippen LogP contribution is 2.29. The second-order valence-electron chi connectivity index (χ2n) is 5.19. The van der Waals surface area contributed by atoms with E-state index in [1.165, 1.54) is 5.56 Å². The summed E-state index contributed by atoms with van der Waals surface area (Å²) >= 11 is 0. The molecular formula is C14H20N2O. The molecule has 1 fully saturated rings. The van der Waals surface area contributed by atoms with Gasteiger partial charge in [0.25, 0.3) is 0 Å². The van der Waals surface area contributed by atoms with E-state index in [0.29, 0.717) is 0 Å². The van der Waals surface area contributed by atoms with Gasteiger partial charge in [0.2, 0.25) is 5.91 Å². The van der Waals surface area contributed by atoms with Crippen LogP contribution >= 0.6 is 0 Å². The Labute approximate surface area is 103 Å². The first-order chi connectivity index (χ1) is 8.03. The second-order valence-corrected chi connectivity index (χ2v) is 5.19. The summed E-state index contributed by atoms with van der Waals surface area (Å²) in [6.45, 7) is 5.80. The van der Waals surface area contributed by atoms with E-state index < -0.39 is 0 Å². The van der Waals surface area contributed by atoms with Gasteiger partial charge in [-0.15, -0.1) is 0 Å². The number of nitrogens with one attached hydrogen (secondary N) is 1. The zero-order chi connectivity index (χ0) is 12.5. The first-order valence-corrected chi connectivity index (χ1v) is 6.08. The van der Waals surface area contributed by atoms with Gasteiger partial charge in [-0.1, -0.05) is 12.1 Å². The van der Waals surface area contributed by atoms with Crippen molar-refractivity contribution in [1.82, 2.24) is 5.32 Å². The normalized spacial score (nSPS) is 23.7. The number of carbonyl (C=O) groups is 1. The Morgan fingerprint density at radius 3 is 2.82 bits per heavy atom. The Morgan fingerprint density at radius 1 is 1.47 bits per heavy atom. The minimum absolute atomic E-state index is 0.202. The van der Waals surface area contributed by atoms with Gasteiger partial charge in [0.05, 0.1) is 5.41 Å². The lowest BCUT2D eigenvalue weighted by Gasteiger charge is -2.28. The number of carbonyl (C=O) groups excluding carboxylic acids is 1. The molecular weight excluding hydrogens is 212 g/mol. The zero-order valence-electron chi connectivity index (χ0n) is 10.8. The van der Waals surface area contributed by atoms with Crippen LogP contribution in [0.3, 0.4) is 0 Å². The Kier molecular flexibility index (Phi) is 3.20. The van der Waals surface area contributed by atoms with E-state index in [1.54, 1.807) is 4.90 Å². The van der Waals surface area contributed by atoms with E-state index >= 15 is 0 Å². The molecule has 1 amide bonds. The van der Waals surface area contributed by atoms with Crippen LogP contribution < -0.4 is 10.2 Å². The number of amides is 1. The van der Waals surface area contributed by atoms with Crippen LogP contribution in [0.4, 0.5) is 5.69 Å². The molecule has 1 heterocycles. The number of aryl methyl sites for hydroxylation is 1. The lowest BCUT2D eigenvalue weighted by atomic mass is 9.88. The van der Waals surface area contributed by atoms with Crippen molar-refractivity contribution in [1.29, 1.82) is 0 Å². The molecule has 17 heavy (non-hydrogen) atoms. The van der Waals surface area contributed by atoms with Crippen molar-refractivity contribution < 1.29 is 4.79 Å². The molecule has 1 saturated heterocycles. The number of hydrogen-bond acceptors (Lipinski definition) is 2. The molecule has 1 unspecified atom stereocenters. The van der Waals surface area contributed by atoms with Crippen molar-refractivity contribution in [3.8, 4) is 0 Å². The van der Waals surface area contributed by atoms with E-state index in [1.807, 2.05) is 45.2 Å². The number of benzene rings is 1. The van der Waals surface area contributed by atoms with E-state index in [9.17, 15) is 4.79 Å². The van der Waals surface area contributed by atoms with Crippen LogP contribution in [-0.2, 0) is 4.79 Å². The predicted molar refractivity (Wildman–Crippen MR) is 70.2 cm³/mol. The smallest absolute Gasteiger partial charge is 0.233 e. The van der Waals surface area contributed by atoms with Gasteiger partial charge in [-0.05, 0) is 44.5 Å². The van der Waals surface area contributed by atoms with Crippen molar-refractivity contribution in [2.75, 3.05) is 25.0 Å². The lowest BCUT2D eigenvalue weighted by Crippen LogP contribution is -2.41. The van der Waals surface area contributed by atoms with E-state index in [2.05, 4.69) is 5.32 Å². The Hall–Kier alpha value is -1.35. The molecule has 2 rings (SSSR count). The lowest BCUT2D eigenvalue weighted by molar-refractivity contribution is -0.126. The summed E-state index contributed by atoms with van der Waals surface area (Å²) in [5.74, 6) is 0.202. The van der Waals surface area contributed by atoms with Crippen molar-refractivity contribution in [2.24, 2.45) is 5.41 Å². The SMILES string of the molecule is Cc1cccc(N(C)C(=O)C2(C)CCNC2)c1. The van der Waals surface area contributed by atoms with Crippen LogP contribution in [0.2, 0.25) is 0 Å². The fraction of sp³-hybridized carbons (Fsp3) is 0.500. The Bertz CT molecular complexity index is 422. The summed E-state index contributed by atoms with van der Waals surface area (Å²) in [7, 11) is 1.86. The third kappa shape index (κ3) is 2.34. The maximum absolute atomic E-state index is 12.5. The maximum Gasteiger partial charge on any atom is 0.233 e. The van der Waals surface area contributed by atoms with E-state index in [-0.39, 0.29) is 11.3 Å². The van der Waals surface area contributed by atoms with Gasteiger partial charge in [0.1, 0.15) is 0 Å². The van der Waals surface area contributed by atoms with E-state index in [4.69, 9.17) is 0 Å². The fourth-order valence-corrected chi connectivity index (χ4v) is 2.36. The zero-order valence-corrected chi connectivity index (χ0v) is 10.8. The third-order valence-corrected chi connectivity index (χ3v) is 3.58. The molecule has 0 bridgehead atoms. The highest BCUT2D eigenvalue weighted by molar-refractivity contribution is 5.97. The molecule has 3 heteroatoms. The van der Waals surface area contributed by atoms with Crippen molar-refractivity contribution in [2.45, 2.75) is 20.3 Å². The third-order valence-electron chi connectivity index (χ3n) is 3.58. The molecule has 1 aromatic rings. The predicted octanol–water partition coefficient (Wildman–Crippen LogP) is 1.96. The summed E-state index contributed by atoms with van der Waals surface area (Å²) in [6, 6.07) is 8.06. The van der Waals surface area contributed by atoms with Crippen LogP contribution in [-0.4, -0.2) is 26.0 Å². The summed E-state index contributed by atoms with van der Waals surface area (Å²) in [6.07, 6.45) is 0.919. The minimum Gasteiger partial charge on any atom is -0.316 e. The van der Waals surface area contributed by atoms with Crippen molar-refractivity contribution in [3.05, 3.63) is 29.8 Å². The minimum atomic E-state index is -0.251. The van der Waals surface area contributed by atoms with Gasteiger partial charge in [-0.3, -0.25) is 4.79 Å². The standard InChI is InChI=1S/C14H20N2O/c1-11-5-4-6-12(9-11)16(3)13(17)14(2)7-8-15-10-14/h4-6,9,15H,7-8,10H2,1-3H3.